The molecule has 1 aromatic carbocycles. The normalized spacial score (nSPS) is 10.6. The van der Waals surface area contributed by atoms with Crippen LogP contribution in [0.15, 0.2) is 42.6 Å². The largest absolute Gasteiger partial charge is 0.318 e. The van der Waals surface area contributed by atoms with E-state index in [-0.39, 0.29) is 5.82 Å². The van der Waals surface area contributed by atoms with Crippen LogP contribution in [-0.4, -0.2) is 25.7 Å². The number of benzene rings is 1. The molecule has 0 bridgehead atoms. The molecular weight excluding hydrogens is 337 g/mol. The molecule has 2 heterocycles. The van der Waals surface area contributed by atoms with Gasteiger partial charge in [-0.15, -0.1) is 5.10 Å². The standard InChI is InChI=1S/C15H11Cl2N5O/c1-9-19-14(15(23)20-10-6-7-13(17)18-8-10)21-22(9)12-5-3-2-4-11(12)16/h2-8H,1H3,(H,20,23). The molecule has 0 unspecified atom stereocenters. The number of halogens is 2. The molecule has 0 saturated heterocycles. The molecule has 8 heteroatoms. The number of anilines is 1. The van der Waals surface area contributed by atoms with Crippen LogP contribution >= 0.6 is 23.2 Å². The SMILES string of the molecule is Cc1nc(C(=O)Nc2ccc(Cl)nc2)nn1-c1ccccc1Cl. The third kappa shape index (κ3) is 3.33. The van der Waals surface area contributed by atoms with E-state index in [2.05, 4.69) is 20.4 Å². The molecule has 0 spiro atoms. The molecule has 0 saturated carbocycles. The van der Waals surface area contributed by atoms with E-state index in [1.165, 1.54) is 10.9 Å². The Morgan fingerprint density at radius 2 is 1.96 bits per heavy atom. The van der Waals surface area contributed by atoms with Gasteiger partial charge < -0.3 is 5.32 Å². The first-order valence-electron chi connectivity index (χ1n) is 6.66. The fourth-order valence-corrected chi connectivity index (χ4v) is 2.30. The fourth-order valence-electron chi connectivity index (χ4n) is 1.97. The van der Waals surface area contributed by atoms with Gasteiger partial charge in [-0.3, -0.25) is 4.79 Å². The Balaban J connectivity index is 1.87. The Morgan fingerprint density at radius 1 is 1.17 bits per heavy atom. The Kier molecular flexibility index (Phi) is 4.27. The highest BCUT2D eigenvalue weighted by molar-refractivity contribution is 6.32. The molecule has 0 atom stereocenters. The lowest BCUT2D eigenvalue weighted by molar-refractivity contribution is 0.101. The predicted octanol–water partition coefficient (Wildman–Crippen LogP) is 3.53. The average molecular weight is 348 g/mol. The zero-order valence-corrected chi connectivity index (χ0v) is 13.5. The van der Waals surface area contributed by atoms with Crippen molar-refractivity contribution < 1.29 is 4.79 Å². The van der Waals surface area contributed by atoms with E-state index in [0.717, 1.165) is 0 Å². The highest BCUT2D eigenvalue weighted by atomic mass is 35.5. The maximum atomic E-state index is 12.2. The topological polar surface area (TPSA) is 72.7 Å². The number of para-hydroxylation sites is 1. The third-order valence-corrected chi connectivity index (χ3v) is 3.58. The number of pyridine rings is 1. The van der Waals surface area contributed by atoms with Crippen molar-refractivity contribution in [1.82, 2.24) is 19.7 Å². The van der Waals surface area contributed by atoms with Gasteiger partial charge in [-0.1, -0.05) is 35.3 Å². The van der Waals surface area contributed by atoms with E-state index in [4.69, 9.17) is 23.2 Å². The van der Waals surface area contributed by atoms with Gasteiger partial charge in [0.15, 0.2) is 0 Å². The van der Waals surface area contributed by atoms with Crippen LogP contribution in [0.4, 0.5) is 5.69 Å². The highest BCUT2D eigenvalue weighted by Gasteiger charge is 2.16. The molecule has 0 aliphatic carbocycles. The van der Waals surface area contributed by atoms with E-state index in [0.29, 0.717) is 27.4 Å². The van der Waals surface area contributed by atoms with E-state index in [1.807, 2.05) is 12.1 Å². The number of rotatable bonds is 3. The number of hydrogen-bond donors (Lipinski definition) is 1. The van der Waals surface area contributed by atoms with Crippen molar-refractivity contribution in [2.75, 3.05) is 5.32 Å². The number of nitrogens with zero attached hydrogens (tertiary/aromatic N) is 4. The van der Waals surface area contributed by atoms with Gasteiger partial charge in [0, 0.05) is 0 Å². The number of aryl methyl sites for hydroxylation is 1. The van der Waals surface area contributed by atoms with Crippen LogP contribution in [0.2, 0.25) is 10.2 Å². The molecule has 3 aromatic rings. The van der Waals surface area contributed by atoms with E-state index >= 15 is 0 Å². The number of carbonyl (C=O) groups is 1. The maximum Gasteiger partial charge on any atom is 0.295 e. The first kappa shape index (κ1) is 15.5. The van der Waals surface area contributed by atoms with Gasteiger partial charge in [0.05, 0.1) is 22.6 Å². The minimum atomic E-state index is -0.442. The van der Waals surface area contributed by atoms with Crippen molar-refractivity contribution in [2.45, 2.75) is 6.92 Å². The number of carbonyl (C=O) groups excluding carboxylic acids is 1. The number of nitrogens with one attached hydrogen (secondary N) is 1. The summed E-state index contributed by atoms with van der Waals surface area (Å²) in [4.78, 5) is 20.3. The van der Waals surface area contributed by atoms with Gasteiger partial charge in [0.25, 0.3) is 5.91 Å². The predicted molar refractivity (Wildman–Crippen MR) is 88.3 cm³/mol. The van der Waals surface area contributed by atoms with Crippen LogP contribution in [0, 0.1) is 6.92 Å². The molecule has 1 N–H and O–H groups in total. The van der Waals surface area contributed by atoms with Crippen LogP contribution in [0.5, 0.6) is 0 Å². The van der Waals surface area contributed by atoms with Gasteiger partial charge in [-0.25, -0.2) is 14.6 Å². The Bertz CT molecular complexity index is 861. The van der Waals surface area contributed by atoms with Crippen LogP contribution in [0.25, 0.3) is 5.69 Å². The molecule has 0 radical (unpaired) electrons. The van der Waals surface area contributed by atoms with E-state index < -0.39 is 5.91 Å². The van der Waals surface area contributed by atoms with Gasteiger partial charge in [0.2, 0.25) is 5.82 Å². The van der Waals surface area contributed by atoms with Gasteiger partial charge in [-0.2, -0.15) is 0 Å². The second kappa shape index (κ2) is 6.36. The molecule has 116 valence electrons. The third-order valence-electron chi connectivity index (χ3n) is 3.04. The Labute approximate surface area is 142 Å². The zero-order valence-electron chi connectivity index (χ0n) is 12.0. The minimum absolute atomic E-state index is 0.0392. The van der Waals surface area contributed by atoms with Crippen LogP contribution in [0.3, 0.4) is 0 Å². The first-order chi connectivity index (χ1) is 11.0. The summed E-state index contributed by atoms with van der Waals surface area (Å²) >= 11 is 11.9. The van der Waals surface area contributed by atoms with Crippen molar-refractivity contribution in [3.63, 3.8) is 0 Å². The molecule has 0 aliphatic heterocycles. The van der Waals surface area contributed by atoms with Crippen molar-refractivity contribution >= 4 is 34.8 Å². The van der Waals surface area contributed by atoms with Crippen molar-refractivity contribution in [2.24, 2.45) is 0 Å². The lowest BCUT2D eigenvalue weighted by atomic mass is 10.3. The summed E-state index contributed by atoms with van der Waals surface area (Å²) in [5.41, 5.74) is 1.16. The summed E-state index contributed by atoms with van der Waals surface area (Å²) in [6, 6.07) is 10.4. The Hall–Kier alpha value is -2.44. The minimum Gasteiger partial charge on any atom is -0.318 e. The molecule has 23 heavy (non-hydrogen) atoms. The van der Waals surface area contributed by atoms with Gasteiger partial charge in [0.1, 0.15) is 11.0 Å². The average Bonchev–Trinajstić information content (AvgIpc) is 2.92. The zero-order chi connectivity index (χ0) is 16.4. The van der Waals surface area contributed by atoms with Crippen molar-refractivity contribution in [1.29, 1.82) is 0 Å². The number of hydrogen-bond acceptors (Lipinski definition) is 4. The van der Waals surface area contributed by atoms with Crippen LogP contribution in [0.1, 0.15) is 16.4 Å². The van der Waals surface area contributed by atoms with Crippen LogP contribution < -0.4 is 5.32 Å². The van der Waals surface area contributed by atoms with E-state index in [9.17, 15) is 4.79 Å². The number of aromatic nitrogens is 4. The molecule has 1 amide bonds. The summed E-state index contributed by atoms with van der Waals surface area (Å²) in [5, 5.41) is 7.75. The lowest BCUT2D eigenvalue weighted by Crippen LogP contribution is -2.14. The summed E-state index contributed by atoms with van der Waals surface area (Å²) in [6.07, 6.45) is 1.46. The second-order valence-corrected chi connectivity index (χ2v) is 5.46. The van der Waals surface area contributed by atoms with Gasteiger partial charge >= 0.3 is 0 Å². The maximum absolute atomic E-state index is 12.2. The molecule has 3 rings (SSSR count). The smallest absolute Gasteiger partial charge is 0.295 e. The summed E-state index contributed by atoms with van der Waals surface area (Å²) in [5.74, 6) is 0.151. The lowest BCUT2D eigenvalue weighted by Gasteiger charge is -2.04. The second-order valence-electron chi connectivity index (χ2n) is 4.67. The summed E-state index contributed by atoms with van der Waals surface area (Å²) in [7, 11) is 0. The van der Waals surface area contributed by atoms with Crippen molar-refractivity contribution in [3.05, 3.63) is 64.4 Å². The number of amides is 1. The summed E-state index contributed by atoms with van der Waals surface area (Å²) in [6.45, 7) is 1.75. The Morgan fingerprint density at radius 3 is 2.65 bits per heavy atom. The van der Waals surface area contributed by atoms with E-state index in [1.54, 1.807) is 31.2 Å². The quantitative estimate of drug-likeness (QED) is 0.735. The molecule has 0 fully saturated rings. The fraction of sp³-hybridized carbons (Fsp3) is 0.0667. The first-order valence-corrected chi connectivity index (χ1v) is 7.41. The monoisotopic (exact) mass is 347 g/mol. The molecule has 0 aliphatic rings. The van der Waals surface area contributed by atoms with Crippen LogP contribution in [-0.2, 0) is 0 Å². The summed E-state index contributed by atoms with van der Waals surface area (Å²) < 4.78 is 1.53. The molecule has 2 aromatic heterocycles. The van der Waals surface area contributed by atoms with Crippen molar-refractivity contribution in [3.8, 4) is 5.69 Å². The van der Waals surface area contributed by atoms with Gasteiger partial charge in [-0.05, 0) is 31.2 Å². The molecular formula is C15H11Cl2N5O. The molecule has 6 nitrogen and oxygen atoms in total. The highest BCUT2D eigenvalue weighted by Crippen LogP contribution is 2.20.